The number of amides is 2. The number of rotatable bonds is 18. The van der Waals surface area contributed by atoms with Gasteiger partial charge in [-0.15, -0.1) is 0 Å². The third-order valence-corrected chi connectivity index (χ3v) is 6.90. The predicted molar refractivity (Wildman–Crippen MR) is 153 cm³/mol. The number of aliphatic hydroxyl groups excluding tert-OH is 1. The summed E-state index contributed by atoms with van der Waals surface area (Å²) in [6.45, 7) is 2.46. The van der Waals surface area contributed by atoms with Crippen LogP contribution < -0.4 is 16.4 Å². The topological polar surface area (TPSA) is 109 Å². The zero-order valence-corrected chi connectivity index (χ0v) is 23.9. The van der Waals surface area contributed by atoms with Gasteiger partial charge in [-0.25, -0.2) is 4.79 Å². The van der Waals surface area contributed by atoms with Crippen LogP contribution in [0.25, 0.3) is 0 Å². The van der Waals surface area contributed by atoms with Gasteiger partial charge in [-0.2, -0.15) is 8.78 Å². The number of nitrogens with two attached hydrogens (primary N) is 1. The van der Waals surface area contributed by atoms with Crippen molar-refractivity contribution in [2.24, 2.45) is 5.73 Å². The Morgan fingerprint density at radius 3 is 2.46 bits per heavy atom. The van der Waals surface area contributed by atoms with E-state index in [2.05, 4.69) is 41.9 Å². The minimum atomic E-state index is -3.70. The molecule has 222 valence electrons. The summed E-state index contributed by atoms with van der Waals surface area (Å²) in [5, 5.41) is 15.4. The van der Waals surface area contributed by atoms with Crippen molar-refractivity contribution in [1.82, 2.24) is 15.5 Å². The van der Waals surface area contributed by atoms with Crippen molar-refractivity contribution in [3.63, 3.8) is 0 Å². The van der Waals surface area contributed by atoms with E-state index in [9.17, 15) is 18.7 Å². The summed E-state index contributed by atoms with van der Waals surface area (Å²) in [5.74, 6) is -3.70. The molecule has 0 aromatic rings. The van der Waals surface area contributed by atoms with Crippen LogP contribution in [0.1, 0.15) is 84.0 Å². The lowest BCUT2D eigenvalue weighted by atomic mass is 10.1. The van der Waals surface area contributed by atoms with Gasteiger partial charge in [0.15, 0.2) is 6.10 Å². The Morgan fingerprint density at radius 2 is 1.79 bits per heavy atom. The molecule has 2 amide bonds. The molecule has 0 bridgehead atoms. The molecule has 1 saturated heterocycles. The van der Waals surface area contributed by atoms with Crippen molar-refractivity contribution >= 4 is 23.4 Å². The number of alkyl halides is 2. The third-order valence-electron chi connectivity index (χ3n) is 6.64. The third kappa shape index (κ3) is 11.9. The number of ether oxygens (including phenoxy) is 2. The summed E-state index contributed by atoms with van der Waals surface area (Å²) < 4.78 is 39.8. The Labute approximate surface area is 237 Å². The number of carbonyl (C=O) groups is 1. The molecule has 0 aromatic carbocycles. The number of halogens is 2. The van der Waals surface area contributed by atoms with E-state index >= 15 is 0 Å². The quantitative estimate of drug-likeness (QED) is 0.101. The molecular weight excluding hydrogens is 526 g/mol. The van der Waals surface area contributed by atoms with Crippen molar-refractivity contribution in [3.8, 4) is 0 Å². The number of allylic oxidation sites excluding steroid dienone is 4. The van der Waals surface area contributed by atoms with E-state index in [1.807, 2.05) is 0 Å². The summed E-state index contributed by atoms with van der Waals surface area (Å²) >= 11 is 5.11. The maximum atomic E-state index is 14.6. The van der Waals surface area contributed by atoms with Gasteiger partial charge in [0.2, 0.25) is 6.23 Å². The molecular formula is C28H46F2N4O4S. The van der Waals surface area contributed by atoms with Gasteiger partial charge in [-0.1, -0.05) is 69.8 Å². The molecule has 0 spiro atoms. The van der Waals surface area contributed by atoms with E-state index in [-0.39, 0.29) is 11.8 Å². The lowest BCUT2D eigenvalue weighted by molar-refractivity contribution is -0.145. The van der Waals surface area contributed by atoms with E-state index in [0.717, 1.165) is 38.3 Å². The molecule has 4 atom stereocenters. The number of hydrogen-bond acceptors (Lipinski definition) is 6. The molecule has 8 nitrogen and oxygen atoms in total. The molecule has 5 N–H and O–H groups in total. The lowest BCUT2D eigenvalue weighted by Gasteiger charge is -2.32. The molecule has 2 rings (SSSR count). The minimum Gasteiger partial charge on any atom is -0.468 e. The van der Waals surface area contributed by atoms with E-state index in [4.69, 9.17) is 27.4 Å². The lowest BCUT2D eigenvalue weighted by Crippen LogP contribution is -2.57. The van der Waals surface area contributed by atoms with Crippen LogP contribution in [0.3, 0.4) is 0 Å². The fourth-order valence-electron chi connectivity index (χ4n) is 4.32. The highest BCUT2D eigenvalue weighted by Crippen LogP contribution is 2.38. The number of unbranched alkanes of at least 4 members (excludes halogenated alkanes) is 9. The summed E-state index contributed by atoms with van der Waals surface area (Å²) in [6, 6.07) is -0.839. The number of urea groups is 1. The minimum absolute atomic E-state index is 0.0572. The fourth-order valence-corrected chi connectivity index (χ4v) is 4.49. The van der Waals surface area contributed by atoms with Gasteiger partial charge in [0.05, 0.1) is 6.17 Å². The summed E-state index contributed by atoms with van der Waals surface area (Å²) in [5.41, 5.74) is 5.54. The second-order valence-electron chi connectivity index (χ2n) is 9.98. The van der Waals surface area contributed by atoms with E-state index in [1.165, 1.54) is 51.0 Å². The highest BCUT2D eigenvalue weighted by Gasteiger charge is 2.61. The van der Waals surface area contributed by atoms with Gasteiger partial charge < -0.3 is 30.9 Å². The Kier molecular flexibility index (Phi) is 15.5. The molecule has 0 aromatic heterocycles. The number of hydrogen-bond donors (Lipinski definition) is 4. The van der Waals surface area contributed by atoms with Crippen molar-refractivity contribution in [3.05, 3.63) is 36.6 Å². The molecule has 2 aliphatic heterocycles. The Balaban J connectivity index is 1.49. The maximum Gasteiger partial charge on any atom is 0.325 e. The second-order valence-corrected chi connectivity index (χ2v) is 10.4. The highest BCUT2D eigenvalue weighted by atomic mass is 32.1. The number of carbonyl (C=O) groups excluding carboxylic acids is 1. The number of aliphatic hydroxyl groups is 1. The first kappa shape index (κ1) is 33.1. The predicted octanol–water partition coefficient (Wildman–Crippen LogP) is 5.24. The van der Waals surface area contributed by atoms with Gasteiger partial charge >= 0.3 is 12.0 Å². The summed E-state index contributed by atoms with van der Waals surface area (Å²) in [6.07, 6.45) is 19.2. The van der Waals surface area contributed by atoms with Gasteiger partial charge in [0, 0.05) is 12.7 Å². The van der Waals surface area contributed by atoms with Crippen LogP contribution in [0.5, 0.6) is 0 Å². The van der Waals surface area contributed by atoms with Gasteiger partial charge in [0.25, 0.3) is 5.17 Å². The Morgan fingerprint density at radius 1 is 1.15 bits per heavy atom. The maximum absolute atomic E-state index is 14.6. The van der Waals surface area contributed by atoms with Crippen LogP contribution in [0.4, 0.5) is 13.6 Å². The van der Waals surface area contributed by atoms with E-state index in [1.54, 1.807) is 0 Å². The normalized spacial score (nSPS) is 24.5. The molecule has 0 saturated carbocycles. The van der Waals surface area contributed by atoms with E-state index in [0.29, 0.717) is 11.4 Å². The van der Waals surface area contributed by atoms with Gasteiger partial charge in [0.1, 0.15) is 12.7 Å². The number of thiocarbonyl (C=S) groups is 1. The van der Waals surface area contributed by atoms with Crippen LogP contribution in [0.15, 0.2) is 36.6 Å². The van der Waals surface area contributed by atoms with Crippen LogP contribution in [0.2, 0.25) is 0 Å². The SMILES string of the molecule is CCCCC/C=C\C/C=C\CCCCCCCCNC(=S)OCC1O[C@@H](N2C=CC(N)NC2=O)C(F)(F)[C@@H]1O. The molecule has 11 heteroatoms. The molecule has 1 fully saturated rings. The zero-order valence-electron chi connectivity index (χ0n) is 23.0. The average Bonchev–Trinajstić information content (AvgIpc) is 3.12. The fraction of sp³-hybridized carbons (Fsp3) is 0.714. The van der Waals surface area contributed by atoms with Crippen molar-refractivity contribution < 1.29 is 28.2 Å². The van der Waals surface area contributed by atoms with Crippen molar-refractivity contribution in [2.75, 3.05) is 13.2 Å². The molecule has 2 unspecified atom stereocenters. The van der Waals surface area contributed by atoms with Crippen LogP contribution in [0, 0.1) is 0 Å². The van der Waals surface area contributed by atoms with Crippen LogP contribution in [-0.4, -0.2) is 64.9 Å². The van der Waals surface area contributed by atoms with Crippen LogP contribution in [-0.2, 0) is 9.47 Å². The van der Waals surface area contributed by atoms with Gasteiger partial charge in [-0.05, 0) is 56.8 Å². The van der Waals surface area contributed by atoms with Crippen molar-refractivity contribution in [1.29, 1.82) is 0 Å². The van der Waals surface area contributed by atoms with Crippen LogP contribution >= 0.6 is 12.2 Å². The van der Waals surface area contributed by atoms with E-state index < -0.39 is 36.6 Å². The highest BCUT2D eigenvalue weighted by molar-refractivity contribution is 7.80. The first-order chi connectivity index (χ1) is 18.8. The largest absolute Gasteiger partial charge is 0.468 e. The first-order valence-electron chi connectivity index (χ1n) is 14.2. The molecule has 0 aliphatic carbocycles. The van der Waals surface area contributed by atoms with Gasteiger partial charge in [-0.3, -0.25) is 4.90 Å². The number of nitrogens with one attached hydrogen (secondary N) is 2. The standard InChI is InChI=1S/C28H46F2N4O4S/c1-2-3-4-5-6-7-8-9-10-11-12-13-14-15-16-17-19-32-27(39)37-21-22-24(35)28(29,30)25(38-22)34-20-18-23(31)33-26(34)36/h6-7,9-10,18,20,22-25,35H,2-5,8,11-17,19,21,31H2,1H3,(H,32,39)(H,33,36)/b7-6-,10-9-/t22?,23?,24-,25-/m1/s1. The Hall–Kier alpha value is -2.08. The first-order valence-corrected chi connectivity index (χ1v) is 14.6. The molecule has 0 radical (unpaired) electrons. The monoisotopic (exact) mass is 572 g/mol. The molecule has 2 heterocycles. The number of nitrogens with zero attached hydrogens (tertiary/aromatic N) is 1. The molecule has 39 heavy (non-hydrogen) atoms. The second kappa shape index (κ2) is 18.3. The zero-order chi connectivity index (χ0) is 28.5. The van der Waals surface area contributed by atoms with Crippen molar-refractivity contribution in [2.45, 2.75) is 114 Å². The molecule has 2 aliphatic rings. The summed E-state index contributed by atoms with van der Waals surface area (Å²) in [4.78, 5) is 12.7. The Bertz CT molecular complexity index is 827. The average molecular weight is 573 g/mol. The summed E-state index contributed by atoms with van der Waals surface area (Å²) in [7, 11) is 0. The smallest absolute Gasteiger partial charge is 0.325 e.